The first-order chi connectivity index (χ1) is 17.3. The molecule has 0 amide bonds. The number of aromatic hydroxyl groups is 2. The zero-order chi connectivity index (χ0) is 25.6. The minimum atomic E-state index is -1.27. The Kier molecular flexibility index (Phi) is 6.03. The number of H-pyrrole nitrogens is 2. The number of aromatic amines is 2. The van der Waals surface area contributed by atoms with Crippen LogP contribution in [0.15, 0.2) is 48.8 Å². The summed E-state index contributed by atoms with van der Waals surface area (Å²) < 4.78 is 0. The second kappa shape index (κ2) is 9.18. The molecule has 5 aromatic rings. The number of phenolic OH excluding ortho intramolecular Hbond substituents is 1. The van der Waals surface area contributed by atoms with Gasteiger partial charge in [-0.1, -0.05) is 25.1 Å². The molecule has 184 valence electrons. The Morgan fingerprint density at radius 2 is 1.83 bits per heavy atom. The molecule has 0 saturated carbocycles. The first-order valence-electron chi connectivity index (χ1n) is 11.4. The fourth-order valence-electron chi connectivity index (χ4n) is 4.52. The third kappa shape index (κ3) is 3.92. The number of aliphatic hydroxyl groups is 1. The van der Waals surface area contributed by atoms with Crippen LogP contribution in [0.2, 0.25) is 0 Å². The molecule has 0 radical (unpaired) electrons. The average Bonchev–Trinajstić information content (AvgIpc) is 3.57. The molecule has 1 unspecified atom stereocenters. The Hall–Kier alpha value is -4.08. The van der Waals surface area contributed by atoms with E-state index in [4.69, 9.17) is 0 Å². The van der Waals surface area contributed by atoms with Gasteiger partial charge in [-0.25, -0.2) is 4.79 Å². The molecule has 5 rings (SSSR count). The van der Waals surface area contributed by atoms with E-state index in [0.29, 0.717) is 27.4 Å². The Balaban J connectivity index is 1.60. The summed E-state index contributed by atoms with van der Waals surface area (Å²) in [5.74, 6) is -2.01. The van der Waals surface area contributed by atoms with E-state index in [9.17, 15) is 30.0 Å². The van der Waals surface area contributed by atoms with Crippen LogP contribution in [0.1, 0.15) is 43.8 Å². The van der Waals surface area contributed by atoms with Crippen molar-refractivity contribution in [1.29, 1.82) is 0 Å². The molecule has 3 heterocycles. The number of carbonyl (C=O) groups is 2. The van der Waals surface area contributed by atoms with E-state index in [1.54, 1.807) is 18.5 Å². The van der Waals surface area contributed by atoms with E-state index in [0.717, 1.165) is 35.3 Å². The minimum Gasteiger partial charge on any atom is -0.508 e. The highest BCUT2D eigenvalue weighted by Gasteiger charge is 2.30. The number of rotatable bonds is 8. The van der Waals surface area contributed by atoms with Crippen LogP contribution in [0.25, 0.3) is 32.9 Å². The summed E-state index contributed by atoms with van der Waals surface area (Å²) in [6.07, 6.45) is 4.64. The van der Waals surface area contributed by atoms with Crippen LogP contribution < -0.4 is 0 Å². The number of aromatic carboxylic acids is 1. The number of ketones is 1. The molecule has 0 saturated heterocycles. The molecule has 6 N–H and O–H groups in total. The molecule has 0 aliphatic heterocycles. The summed E-state index contributed by atoms with van der Waals surface area (Å²) in [5.41, 5.74) is 3.20. The lowest BCUT2D eigenvalue weighted by molar-refractivity contribution is 0.0702. The van der Waals surface area contributed by atoms with Gasteiger partial charge in [-0.2, -0.15) is 0 Å². The quantitative estimate of drug-likeness (QED) is 0.159. The maximum Gasteiger partial charge on any atom is 0.346 e. The number of hydrogen-bond acceptors (Lipinski definition) is 6. The van der Waals surface area contributed by atoms with Gasteiger partial charge in [0.25, 0.3) is 0 Å². The Bertz CT molecular complexity index is 1630. The standard InChI is InChI=1S/C27H24N2O6S/c1-13(12-30)5-6-14-3-2-4-16-19(11-29-22(14)16)23(32)26-24(33)21(25(36-26)27(34)35)18-10-28-20-8-7-15(31)9-17(18)20/h2-4,7-11,13,28-31,33H,5-6,12H2,1H3,(H,34,35). The lowest BCUT2D eigenvalue weighted by Crippen LogP contribution is -2.02. The fraction of sp³-hybridized carbons (Fsp3) is 0.185. The maximum absolute atomic E-state index is 13.6. The van der Waals surface area contributed by atoms with Gasteiger partial charge in [0.05, 0.1) is 5.56 Å². The summed E-state index contributed by atoms with van der Waals surface area (Å²) in [7, 11) is 0. The number of carbonyl (C=O) groups excluding carboxylic acids is 1. The number of aliphatic hydroxyl groups excluding tert-OH is 1. The van der Waals surface area contributed by atoms with Gasteiger partial charge in [-0.05, 0) is 42.5 Å². The number of carboxylic acids is 1. The molecule has 3 aromatic heterocycles. The maximum atomic E-state index is 13.6. The monoisotopic (exact) mass is 504 g/mol. The molecule has 0 spiro atoms. The van der Waals surface area contributed by atoms with Crippen molar-refractivity contribution >= 4 is 44.9 Å². The molecule has 0 aliphatic rings. The van der Waals surface area contributed by atoms with Crippen molar-refractivity contribution in [3.8, 4) is 22.6 Å². The van der Waals surface area contributed by atoms with Crippen LogP contribution >= 0.6 is 11.3 Å². The first-order valence-corrected chi connectivity index (χ1v) is 12.3. The second-order valence-electron chi connectivity index (χ2n) is 8.92. The van der Waals surface area contributed by atoms with Crippen molar-refractivity contribution in [2.24, 2.45) is 5.92 Å². The number of para-hydroxylation sites is 1. The van der Waals surface area contributed by atoms with Crippen molar-refractivity contribution in [2.45, 2.75) is 19.8 Å². The first kappa shape index (κ1) is 23.7. The highest BCUT2D eigenvalue weighted by Crippen LogP contribution is 2.46. The summed E-state index contributed by atoms with van der Waals surface area (Å²) in [6.45, 7) is 2.07. The number of carboxylic acid groups (broad SMARTS) is 1. The molecular weight excluding hydrogens is 480 g/mol. The van der Waals surface area contributed by atoms with Crippen LogP contribution in [0.5, 0.6) is 11.5 Å². The fourth-order valence-corrected chi connectivity index (χ4v) is 5.52. The molecular formula is C27H24N2O6S. The number of hydrogen-bond donors (Lipinski definition) is 6. The van der Waals surface area contributed by atoms with E-state index < -0.39 is 17.5 Å². The van der Waals surface area contributed by atoms with Gasteiger partial charge in [-0.15, -0.1) is 11.3 Å². The van der Waals surface area contributed by atoms with Crippen molar-refractivity contribution < 1.29 is 30.0 Å². The van der Waals surface area contributed by atoms with Crippen molar-refractivity contribution in [3.63, 3.8) is 0 Å². The number of aromatic nitrogens is 2. The number of nitrogens with one attached hydrogen (secondary N) is 2. The highest BCUT2D eigenvalue weighted by atomic mass is 32.1. The summed E-state index contributed by atoms with van der Waals surface area (Å²) in [6, 6.07) is 10.3. The predicted molar refractivity (Wildman–Crippen MR) is 138 cm³/mol. The largest absolute Gasteiger partial charge is 0.508 e. The van der Waals surface area contributed by atoms with Crippen LogP contribution in [0.4, 0.5) is 0 Å². The lowest BCUT2D eigenvalue weighted by atomic mass is 9.98. The van der Waals surface area contributed by atoms with Crippen LogP contribution in [0.3, 0.4) is 0 Å². The Morgan fingerprint density at radius 3 is 2.58 bits per heavy atom. The average molecular weight is 505 g/mol. The predicted octanol–water partition coefficient (Wildman–Crippen LogP) is 5.28. The summed E-state index contributed by atoms with van der Waals surface area (Å²) >= 11 is 0.724. The topological polar surface area (TPSA) is 147 Å². The normalized spacial score (nSPS) is 12.4. The molecule has 1 atom stereocenters. The van der Waals surface area contributed by atoms with E-state index in [1.165, 1.54) is 12.1 Å². The molecule has 0 aliphatic carbocycles. The second-order valence-corrected chi connectivity index (χ2v) is 9.94. The minimum absolute atomic E-state index is 0.00535. The van der Waals surface area contributed by atoms with Crippen molar-refractivity contribution in [1.82, 2.24) is 9.97 Å². The van der Waals surface area contributed by atoms with E-state index in [2.05, 4.69) is 9.97 Å². The summed E-state index contributed by atoms with van der Waals surface area (Å²) in [4.78, 5) is 31.6. The third-order valence-corrected chi connectivity index (χ3v) is 7.65. The Morgan fingerprint density at radius 1 is 1.03 bits per heavy atom. The number of thiophene rings is 1. The lowest BCUT2D eigenvalue weighted by Gasteiger charge is -2.08. The number of benzene rings is 2. The van der Waals surface area contributed by atoms with E-state index in [-0.39, 0.29) is 33.6 Å². The summed E-state index contributed by atoms with van der Waals surface area (Å²) in [5, 5.41) is 41.5. The van der Waals surface area contributed by atoms with Gasteiger partial charge in [0.2, 0.25) is 5.78 Å². The zero-order valence-corrected chi connectivity index (χ0v) is 20.1. The number of aryl methyl sites for hydroxylation is 1. The molecule has 9 heteroatoms. The van der Waals surface area contributed by atoms with Gasteiger partial charge in [-0.3, -0.25) is 4.79 Å². The van der Waals surface area contributed by atoms with Crippen molar-refractivity contribution in [2.75, 3.05) is 6.61 Å². The van der Waals surface area contributed by atoms with E-state index in [1.807, 2.05) is 25.1 Å². The van der Waals surface area contributed by atoms with Crippen LogP contribution in [-0.2, 0) is 6.42 Å². The molecule has 8 nitrogen and oxygen atoms in total. The van der Waals surface area contributed by atoms with Gasteiger partial charge >= 0.3 is 5.97 Å². The van der Waals surface area contributed by atoms with E-state index >= 15 is 0 Å². The van der Waals surface area contributed by atoms with Crippen LogP contribution in [0, 0.1) is 5.92 Å². The zero-order valence-electron chi connectivity index (χ0n) is 19.3. The highest BCUT2D eigenvalue weighted by molar-refractivity contribution is 7.17. The number of fused-ring (bicyclic) bond motifs is 2. The number of phenols is 1. The van der Waals surface area contributed by atoms with Gasteiger partial charge in [0.1, 0.15) is 21.3 Å². The van der Waals surface area contributed by atoms with Gasteiger partial charge in [0.15, 0.2) is 0 Å². The van der Waals surface area contributed by atoms with Gasteiger partial charge < -0.3 is 30.4 Å². The third-order valence-electron chi connectivity index (χ3n) is 6.48. The van der Waals surface area contributed by atoms with Crippen LogP contribution in [-0.4, -0.2) is 48.8 Å². The molecule has 2 aromatic carbocycles. The van der Waals surface area contributed by atoms with Gasteiger partial charge in [0, 0.05) is 51.9 Å². The Labute approximate surface area is 209 Å². The molecule has 36 heavy (non-hydrogen) atoms. The smallest absolute Gasteiger partial charge is 0.346 e. The molecule has 0 fully saturated rings. The molecule has 0 bridgehead atoms. The van der Waals surface area contributed by atoms with Crippen molar-refractivity contribution in [3.05, 3.63) is 69.7 Å². The SMILES string of the molecule is CC(CO)CCc1cccc2c(C(=O)c3sc(C(=O)O)c(-c4c[nH]c5ccc(O)cc45)c3O)c[nH]c12.